The van der Waals surface area contributed by atoms with E-state index in [0.29, 0.717) is 35.1 Å². The Kier molecular flexibility index (Phi) is 10.6. The SMILES string of the molecule is CCOCCn1c(=NC(=O)CSCC(=O)Nc2sc3c(c2C(=O)OCC)CCCC3)sc2cc(Br)ccc21. The normalized spacial score (nSPS) is 13.5. The summed E-state index contributed by atoms with van der Waals surface area (Å²) in [5, 5.41) is 3.43. The smallest absolute Gasteiger partial charge is 0.341 e. The number of hydrogen-bond acceptors (Lipinski definition) is 8. The summed E-state index contributed by atoms with van der Waals surface area (Å²) in [5.74, 6) is -0.808. The van der Waals surface area contributed by atoms with Crippen LogP contribution >= 0.6 is 50.4 Å². The average Bonchev–Trinajstić information content (AvgIpc) is 3.41. The van der Waals surface area contributed by atoms with Gasteiger partial charge in [-0.25, -0.2) is 4.79 Å². The number of aromatic nitrogens is 1. The average molecular weight is 641 g/mol. The fourth-order valence-electron chi connectivity index (χ4n) is 4.25. The Morgan fingerprint density at radius 2 is 1.95 bits per heavy atom. The summed E-state index contributed by atoms with van der Waals surface area (Å²) in [4.78, 5) is 44.1. The first kappa shape index (κ1) is 29.0. The maximum atomic E-state index is 12.7. The van der Waals surface area contributed by atoms with Crippen LogP contribution < -0.4 is 10.1 Å². The van der Waals surface area contributed by atoms with Gasteiger partial charge in [-0.1, -0.05) is 27.3 Å². The van der Waals surface area contributed by atoms with Gasteiger partial charge in [0.2, 0.25) is 5.91 Å². The number of thiophene rings is 1. The van der Waals surface area contributed by atoms with Crippen molar-refractivity contribution in [1.29, 1.82) is 0 Å². The lowest BCUT2D eigenvalue weighted by Crippen LogP contribution is -2.21. The van der Waals surface area contributed by atoms with Crippen LogP contribution in [0.15, 0.2) is 27.7 Å². The summed E-state index contributed by atoms with van der Waals surface area (Å²) < 4.78 is 14.7. The number of nitrogens with one attached hydrogen (secondary N) is 1. The molecular formula is C26H30BrN3O5S3. The Morgan fingerprint density at radius 3 is 2.74 bits per heavy atom. The summed E-state index contributed by atoms with van der Waals surface area (Å²) in [5.41, 5.74) is 2.49. The van der Waals surface area contributed by atoms with E-state index in [1.54, 1.807) is 6.92 Å². The zero-order chi connectivity index (χ0) is 27.1. The van der Waals surface area contributed by atoms with Gasteiger partial charge in [-0.2, -0.15) is 4.99 Å². The summed E-state index contributed by atoms with van der Waals surface area (Å²) in [6.07, 6.45) is 3.83. The van der Waals surface area contributed by atoms with Gasteiger partial charge in [-0.05, 0) is 63.3 Å². The Bertz CT molecular complexity index is 1390. The largest absolute Gasteiger partial charge is 0.462 e. The number of amides is 2. The molecule has 0 bridgehead atoms. The van der Waals surface area contributed by atoms with E-state index < -0.39 is 5.97 Å². The van der Waals surface area contributed by atoms with Crippen molar-refractivity contribution in [3.8, 4) is 0 Å². The minimum absolute atomic E-state index is 0.0719. The molecule has 0 aliphatic heterocycles. The lowest BCUT2D eigenvalue weighted by Gasteiger charge is -2.12. The molecule has 0 saturated carbocycles. The topological polar surface area (TPSA) is 99.0 Å². The number of nitrogens with zero attached hydrogens (tertiary/aromatic N) is 2. The molecule has 2 heterocycles. The molecular weight excluding hydrogens is 610 g/mol. The fraction of sp³-hybridized carbons (Fsp3) is 0.462. The first-order valence-corrected chi connectivity index (χ1v) is 16.1. The molecule has 3 aromatic rings. The maximum Gasteiger partial charge on any atom is 0.341 e. The molecule has 38 heavy (non-hydrogen) atoms. The monoisotopic (exact) mass is 639 g/mol. The van der Waals surface area contributed by atoms with E-state index in [0.717, 1.165) is 50.8 Å². The van der Waals surface area contributed by atoms with E-state index in [2.05, 4.69) is 26.2 Å². The summed E-state index contributed by atoms with van der Waals surface area (Å²) in [7, 11) is 0. The number of rotatable bonds is 11. The molecule has 2 aromatic heterocycles. The van der Waals surface area contributed by atoms with Crippen LogP contribution in [0.4, 0.5) is 5.00 Å². The number of carbonyl (C=O) groups is 3. The van der Waals surface area contributed by atoms with Gasteiger partial charge in [0.15, 0.2) is 4.80 Å². The van der Waals surface area contributed by atoms with E-state index in [-0.39, 0.29) is 29.9 Å². The van der Waals surface area contributed by atoms with Crippen LogP contribution in [-0.2, 0) is 38.4 Å². The molecule has 0 spiro atoms. The van der Waals surface area contributed by atoms with Gasteiger partial charge in [0.25, 0.3) is 5.91 Å². The van der Waals surface area contributed by atoms with Crippen molar-refractivity contribution in [2.45, 2.75) is 46.1 Å². The number of thiazole rings is 1. The molecule has 0 atom stereocenters. The summed E-state index contributed by atoms with van der Waals surface area (Å²) in [6, 6.07) is 5.97. The molecule has 1 N–H and O–H groups in total. The van der Waals surface area contributed by atoms with Gasteiger partial charge in [0.1, 0.15) is 5.00 Å². The number of aryl methyl sites for hydroxylation is 1. The van der Waals surface area contributed by atoms with Gasteiger partial charge in [0, 0.05) is 22.5 Å². The molecule has 0 fully saturated rings. The molecule has 8 nitrogen and oxygen atoms in total. The van der Waals surface area contributed by atoms with Crippen LogP contribution in [0, 0.1) is 0 Å². The van der Waals surface area contributed by atoms with Gasteiger partial charge < -0.3 is 19.4 Å². The van der Waals surface area contributed by atoms with E-state index in [4.69, 9.17) is 9.47 Å². The number of esters is 1. The third-order valence-electron chi connectivity index (χ3n) is 5.89. The van der Waals surface area contributed by atoms with Crippen LogP contribution in [0.5, 0.6) is 0 Å². The Balaban J connectivity index is 1.41. The highest BCUT2D eigenvalue weighted by molar-refractivity contribution is 9.10. The van der Waals surface area contributed by atoms with Crippen molar-refractivity contribution in [2.75, 3.05) is 36.6 Å². The first-order valence-electron chi connectivity index (χ1n) is 12.5. The van der Waals surface area contributed by atoms with Crippen molar-refractivity contribution in [1.82, 2.24) is 4.57 Å². The number of halogens is 1. The van der Waals surface area contributed by atoms with Crippen molar-refractivity contribution in [3.63, 3.8) is 0 Å². The zero-order valence-corrected chi connectivity index (χ0v) is 25.4. The molecule has 1 aliphatic rings. The fourth-order valence-corrected chi connectivity index (χ4v) is 7.77. The van der Waals surface area contributed by atoms with E-state index in [9.17, 15) is 14.4 Å². The number of ether oxygens (including phenoxy) is 2. The lowest BCUT2D eigenvalue weighted by molar-refractivity contribution is -0.115. The van der Waals surface area contributed by atoms with Crippen LogP contribution in [0.1, 0.15) is 47.5 Å². The minimum Gasteiger partial charge on any atom is -0.462 e. The van der Waals surface area contributed by atoms with Gasteiger partial charge in [0.05, 0.1) is 40.5 Å². The quantitative estimate of drug-likeness (QED) is 0.222. The van der Waals surface area contributed by atoms with Crippen molar-refractivity contribution >= 4 is 83.4 Å². The second-order valence-electron chi connectivity index (χ2n) is 8.53. The van der Waals surface area contributed by atoms with Crippen LogP contribution in [0.3, 0.4) is 0 Å². The number of carbonyl (C=O) groups excluding carboxylic acids is 3. The highest BCUT2D eigenvalue weighted by Crippen LogP contribution is 2.38. The number of benzene rings is 1. The molecule has 204 valence electrons. The van der Waals surface area contributed by atoms with Gasteiger partial charge in [-0.3, -0.25) is 9.59 Å². The second-order valence-corrected chi connectivity index (χ2v) is 12.5. The molecule has 0 radical (unpaired) electrons. The zero-order valence-electron chi connectivity index (χ0n) is 21.3. The Hall–Kier alpha value is -1.99. The Labute approximate surface area is 241 Å². The highest BCUT2D eigenvalue weighted by atomic mass is 79.9. The lowest BCUT2D eigenvalue weighted by atomic mass is 9.95. The molecule has 1 aromatic carbocycles. The molecule has 4 rings (SSSR count). The van der Waals surface area contributed by atoms with E-state index in [1.165, 1.54) is 34.4 Å². The van der Waals surface area contributed by atoms with E-state index in [1.807, 2.05) is 29.7 Å². The summed E-state index contributed by atoms with van der Waals surface area (Å²) >= 11 is 7.60. The van der Waals surface area contributed by atoms with Crippen molar-refractivity contribution in [2.24, 2.45) is 4.99 Å². The number of thioether (sulfide) groups is 1. The summed E-state index contributed by atoms with van der Waals surface area (Å²) in [6.45, 7) is 5.72. The molecule has 12 heteroatoms. The standard InChI is InChI=1S/C26H30BrN3O5S3/c1-3-34-12-11-30-18-10-9-16(27)13-20(18)38-26(30)29-22(32)15-36-14-21(31)28-24-23(25(33)35-4-2)17-7-5-6-8-19(17)37-24/h9-10,13H,3-8,11-12,14-15H2,1-2H3,(H,28,31). The van der Waals surface area contributed by atoms with Crippen LogP contribution in [-0.4, -0.2) is 53.7 Å². The Morgan fingerprint density at radius 1 is 1.13 bits per heavy atom. The third-order valence-corrected chi connectivity index (χ3v) is 9.55. The molecule has 0 saturated heterocycles. The maximum absolute atomic E-state index is 12.7. The molecule has 0 unspecified atom stereocenters. The predicted octanol–water partition coefficient (Wildman–Crippen LogP) is 5.42. The first-order chi connectivity index (χ1) is 18.4. The molecule has 1 aliphatic carbocycles. The highest BCUT2D eigenvalue weighted by Gasteiger charge is 2.27. The van der Waals surface area contributed by atoms with Crippen molar-refractivity contribution in [3.05, 3.63) is 43.5 Å². The van der Waals surface area contributed by atoms with Crippen molar-refractivity contribution < 1.29 is 23.9 Å². The number of hydrogen-bond donors (Lipinski definition) is 1. The van der Waals surface area contributed by atoms with Gasteiger partial charge >= 0.3 is 5.97 Å². The number of fused-ring (bicyclic) bond motifs is 2. The second kappa shape index (κ2) is 13.9. The van der Waals surface area contributed by atoms with Crippen LogP contribution in [0.2, 0.25) is 0 Å². The minimum atomic E-state index is -0.392. The van der Waals surface area contributed by atoms with Gasteiger partial charge in [-0.15, -0.1) is 23.1 Å². The molecule has 2 amide bonds. The third kappa shape index (κ3) is 7.15. The predicted molar refractivity (Wildman–Crippen MR) is 157 cm³/mol. The van der Waals surface area contributed by atoms with E-state index >= 15 is 0 Å². The number of anilines is 1. The van der Waals surface area contributed by atoms with Crippen LogP contribution in [0.25, 0.3) is 10.2 Å².